The van der Waals surface area contributed by atoms with Crippen LogP contribution in [0.4, 0.5) is 18.9 Å². The van der Waals surface area contributed by atoms with E-state index < -0.39 is 17.8 Å². The first-order chi connectivity index (χ1) is 14.6. The van der Waals surface area contributed by atoms with Crippen molar-refractivity contribution >= 4 is 27.8 Å². The molecule has 1 aliphatic heterocycles. The van der Waals surface area contributed by atoms with Gasteiger partial charge in [0.1, 0.15) is 0 Å². The van der Waals surface area contributed by atoms with E-state index in [0.717, 1.165) is 33.7 Å². The predicted molar refractivity (Wildman–Crippen MR) is 117 cm³/mol. The Morgan fingerprint density at radius 3 is 2.52 bits per heavy atom. The van der Waals surface area contributed by atoms with Crippen LogP contribution in [-0.2, 0) is 11.0 Å². The molecule has 0 amide bonds. The van der Waals surface area contributed by atoms with E-state index >= 15 is 0 Å². The first-order valence-electron chi connectivity index (χ1n) is 10.4. The highest BCUT2D eigenvalue weighted by Crippen LogP contribution is 2.52. The minimum absolute atomic E-state index is 0.0577. The van der Waals surface area contributed by atoms with Gasteiger partial charge in [-0.25, -0.2) is 0 Å². The normalized spacial score (nSPS) is 20.3. The summed E-state index contributed by atoms with van der Waals surface area (Å²) in [4.78, 5) is 13.4. The van der Waals surface area contributed by atoms with Crippen molar-refractivity contribution in [3.8, 4) is 0 Å². The maximum atomic E-state index is 13.4. The Morgan fingerprint density at radius 1 is 0.968 bits per heavy atom. The zero-order valence-electron chi connectivity index (χ0n) is 17.3. The molecule has 0 fully saturated rings. The number of carbonyl (C=O) groups is 1. The molecule has 0 aromatic heterocycles. The lowest BCUT2D eigenvalue weighted by Crippen LogP contribution is -2.32. The number of rotatable bonds is 1. The highest BCUT2D eigenvalue weighted by molar-refractivity contribution is 6.28. The zero-order valence-corrected chi connectivity index (χ0v) is 17.3. The summed E-state index contributed by atoms with van der Waals surface area (Å²) in [6, 6.07) is 16.7. The molecule has 0 saturated carbocycles. The van der Waals surface area contributed by atoms with Crippen LogP contribution in [0.3, 0.4) is 0 Å². The second kappa shape index (κ2) is 6.71. The third-order valence-electron chi connectivity index (χ3n) is 6.28. The van der Waals surface area contributed by atoms with Crippen molar-refractivity contribution in [1.29, 1.82) is 0 Å². The standard InChI is InChI=1S/C26H22F3NO/c1-25(2)13-19-23(21(31)14-25)22-18-9-4-3-6-15(18)10-11-20(22)30-24(19)16-7-5-8-17(12-16)26(27,28)29/h3-12,24,30H,13-14H2,1-2H3/t24-/m1/s1. The highest BCUT2D eigenvalue weighted by atomic mass is 19.4. The molecule has 158 valence electrons. The smallest absolute Gasteiger partial charge is 0.374 e. The van der Waals surface area contributed by atoms with Gasteiger partial charge in [-0.05, 0) is 51.9 Å². The molecule has 3 aromatic carbocycles. The van der Waals surface area contributed by atoms with Gasteiger partial charge in [0, 0.05) is 23.2 Å². The minimum Gasteiger partial charge on any atom is -0.374 e. The molecule has 0 spiro atoms. The van der Waals surface area contributed by atoms with Crippen LogP contribution in [-0.4, -0.2) is 5.78 Å². The zero-order chi connectivity index (χ0) is 22.0. The first-order valence-corrected chi connectivity index (χ1v) is 10.4. The molecule has 5 rings (SSSR count). The first kappa shape index (κ1) is 19.9. The van der Waals surface area contributed by atoms with Gasteiger partial charge >= 0.3 is 6.18 Å². The maximum Gasteiger partial charge on any atom is 0.416 e. The number of allylic oxidation sites excluding steroid dienone is 1. The van der Waals surface area contributed by atoms with Crippen LogP contribution in [0.5, 0.6) is 0 Å². The number of fused-ring (bicyclic) bond motifs is 4. The Morgan fingerprint density at radius 2 is 1.74 bits per heavy atom. The van der Waals surface area contributed by atoms with Crippen molar-refractivity contribution in [2.75, 3.05) is 5.32 Å². The molecule has 1 aliphatic carbocycles. The van der Waals surface area contributed by atoms with Crippen LogP contribution in [0.1, 0.15) is 49.4 Å². The molecule has 3 aromatic rings. The molecule has 2 nitrogen and oxygen atoms in total. The molecular formula is C26H22F3NO. The summed E-state index contributed by atoms with van der Waals surface area (Å²) < 4.78 is 40.1. The number of anilines is 1. The van der Waals surface area contributed by atoms with Crippen LogP contribution in [0.15, 0.2) is 66.2 Å². The molecule has 1 atom stereocenters. The fourth-order valence-electron chi connectivity index (χ4n) is 5.00. The summed E-state index contributed by atoms with van der Waals surface area (Å²) in [5, 5.41) is 5.48. The van der Waals surface area contributed by atoms with E-state index in [1.807, 2.05) is 50.2 Å². The lowest BCUT2D eigenvalue weighted by atomic mass is 9.67. The van der Waals surface area contributed by atoms with Crippen LogP contribution >= 0.6 is 0 Å². The van der Waals surface area contributed by atoms with Crippen molar-refractivity contribution < 1.29 is 18.0 Å². The van der Waals surface area contributed by atoms with Gasteiger partial charge in [-0.1, -0.05) is 56.3 Å². The minimum atomic E-state index is -4.42. The van der Waals surface area contributed by atoms with Crippen LogP contribution in [0.25, 0.3) is 16.3 Å². The lowest BCUT2D eigenvalue weighted by molar-refractivity contribution is -0.137. The van der Waals surface area contributed by atoms with Gasteiger partial charge in [0.2, 0.25) is 0 Å². The number of hydrogen-bond acceptors (Lipinski definition) is 2. The SMILES string of the molecule is CC1(C)CC(=O)C2=C(C1)[C@@H](c1cccc(C(F)(F)F)c1)Nc1ccc3ccccc3c12. The number of alkyl halides is 3. The fourth-order valence-corrected chi connectivity index (χ4v) is 5.00. The van der Waals surface area contributed by atoms with E-state index in [-0.39, 0.29) is 11.2 Å². The summed E-state index contributed by atoms with van der Waals surface area (Å²) in [6.07, 6.45) is -3.36. The number of hydrogen-bond donors (Lipinski definition) is 1. The Hall–Kier alpha value is -3.08. The Kier molecular flexibility index (Phi) is 4.30. The van der Waals surface area contributed by atoms with E-state index in [2.05, 4.69) is 5.32 Å². The van der Waals surface area contributed by atoms with Gasteiger partial charge in [-0.2, -0.15) is 13.2 Å². The average molecular weight is 421 g/mol. The van der Waals surface area contributed by atoms with Gasteiger partial charge in [0.15, 0.2) is 5.78 Å². The summed E-state index contributed by atoms with van der Waals surface area (Å²) in [5.41, 5.74) is 2.80. The predicted octanol–water partition coefficient (Wildman–Crippen LogP) is 7.17. The third-order valence-corrected chi connectivity index (χ3v) is 6.28. The molecule has 1 heterocycles. The van der Waals surface area contributed by atoms with Crippen molar-refractivity contribution in [3.05, 3.63) is 82.9 Å². The number of halogens is 3. The Labute approximate surface area is 178 Å². The Bertz CT molecular complexity index is 1250. The topological polar surface area (TPSA) is 29.1 Å². The fraction of sp³-hybridized carbons (Fsp3) is 0.269. The number of ketones is 1. The maximum absolute atomic E-state index is 13.4. The molecule has 31 heavy (non-hydrogen) atoms. The quantitative estimate of drug-likeness (QED) is 0.451. The van der Waals surface area contributed by atoms with Crippen molar-refractivity contribution in [3.63, 3.8) is 0 Å². The summed E-state index contributed by atoms with van der Waals surface area (Å²) >= 11 is 0. The number of carbonyl (C=O) groups excluding carboxylic acids is 1. The molecular weight excluding hydrogens is 399 g/mol. The van der Waals surface area contributed by atoms with Gasteiger partial charge in [0.25, 0.3) is 0 Å². The van der Waals surface area contributed by atoms with Gasteiger partial charge in [-0.3, -0.25) is 4.79 Å². The molecule has 1 N–H and O–H groups in total. The van der Waals surface area contributed by atoms with Gasteiger partial charge in [0.05, 0.1) is 11.6 Å². The number of nitrogens with one attached hydrogen (secondary N) is 1. The number of benzene rings is 3. The van der Waals surface area contributed by atoms with E-state index in [4.69, 9.17) is 0 Å². The second-order valence-electron chi connectivity index (χ2n) is 9.25. The van der Waals surface area contributed by atoms with E-state index in [1.165, 1.54) is 12.1 Å². The summed E-state index contributed by atoms with van der Waals surface area (Å²) in [7, 11) is 0. The van der Waals surface area contributed by atoms with Crippen molar-refractivity contribution in [1.82, 2.24) is 0 Å². The monoisotopic (exact) mass is 421 g/mol. The summed E-state index contributed by atoms with van der Waals surface area (Å²) in [6.45, 7) is 4.08. The lowest BCUT2D eigenvalue weighted by Gasteiger charge is -2.40. The van der Waals surface area contributed by atoms with Gasteiger partial charge in [-0.15, -0.1) is 0 Å². The average Bonchev–Trinajstić information content (AvgIpc) is 2.71. The Balaban J connectivity index is 1.76. The molecule has 0 saturated heterocycles. The molecule has 5 heteroatoms. The molecule has 0 bridgehead atoms. The van der Waals surface area contributed by atoms with E-state index in [9.17, 15) is 18.0 Å². The van der Waals surface area contributed by atoms with Crippen molar-refractivity contribution in [2.45, 2.75) is 38.9 Å². The second-order valence-corrected chi connectivity index (χ2v) is 9.25. The van der Waals surface area contributed by atoms with Crippen LogP contribution < -0.4 is 5.32 Å². The van der Waals surface area contributed by atoms with E-state index in [1.54, 1.807) is 6.07 Å². The third kappa shape index (κ3) is 3.32. The van der Waals surface area contributed by atoms with Crippen LogP contribution in [0, 0.1) is 5.41 Å². The molecule has 2 aliphatic rings. The molecule has 0 unspecified atom stereocenters. The van der Waals surface area contributed by atoms with Crippen LogP contribution in [0.2, 0.25) is 0 Å². The number of Topliss-reactive ketones (excluding diaryl/α,β-unsaturated/α-hetero) is 1. The van der Waals surface area contributed by atoms with Gasteiger partial charge < -0.3 is 5.32 Å². The molecule has 0 radical (unpaired) electrons. The largest absolute Gasteiger partial charge is 0.416 e. The van der Waals surface area contributed by atoms with E-state index in [0.29, 0.717) is 24.0 Å². The highest BCUT2D eigenvalue weighted by Gasteiger charge is 2.41. The van der Waals surface area contributed by atoms with Crippen molar-refractivity contribution in [2.24, 2.45) is 5.41 Å². The summed E-state index contributed by atoms with van der Waals surface area (Å²) in [5.74, 6) is 0.0577.